The SMILES string of the molecule is COC(=O)c1cc(C(=O)NC/C=C/S(C)(=O)=O)on1. The molecule has 1 aromatic rings. The second-order valence-electron chi connectivity index (χ2n) is 3.48. The Bertz CT molecular complexity index is 601. The molecule has 1 rings (SSSR count). The zero-order valence-electron chi connectivity index (χ0n) is 10.2. The molecule has 104 valence electrons. The van der Waals surface area contributed by atoms with Crippen LogP contribution in [-0.2, 0) is 14.6 Å². The number of esters is 1. The van der Waals surface area contributed by atoms with Crippen molar-refractivity contribution in [3.8, 4) is 0 Å². The topological polar surface area (TPSA) is 116 Å². The maximum atomic E-state index is 11.5. The van der Waals surface area contributed by atoms with Crippen molar-refractivity contribution < 1.29 is 27.3 Å². The van der Waals surface area contributed by atoms with E-state index in [-0.39, 0.29) is 18.0 Å². The fourth-order valence-corrected chi connectivity index (χ4v) is 1.49. The number of carbonyl (C=O) groups is 2. The minimum Gasteiger partial charge on any atom is -0.464 e. The van der Waals surface area contributed by atoms with E-state index >= 15 is 0 Å². The molecule has 1 heterocycles. The van der Waals surface area contributed by atoms with Gasteiger partial charge in [-0.2, -0.15) is 0 Å². The lowest BCUT2D eigenvalue weighted by atomic mass is 10.3. The van der Waals surface area contributed by atoms with E-state index in [9.17, 15) is 18.0 Å². The molecule has 0 bridgehead atoms. The first-order valence-electron chi connectivity index (χ1n) is 5.03. The van der Waals surface area contributed by atoms with Crippen LogP contribution < -0.4 is 5.32 Å². The molecule has 0 spiro atoms. The number of hydrogen-bond acceptors (Lipinski definition) is 7. The van der Waals surface area contributed by atoms with Crippen LogP contribution in [0.1, 0.15) is 21.0 Å². The van der Waals surface area contributed by atoms with Gasteiger partial charge in [0.05, 0.1) is 7.11 Å². The minimum atomic E-state index is -3.23. The molecule has 19 heavy (non-hydrogen) atoms. The van der Waals surface area contributed by atoms with Crippen LogP contribution in [0.3, 0.4) is 0 Å². The second-order valence-corrected chi connectivity index (χ2v) is 5.41. The van der Waals surface area contributed by atoms with Gasteiger partial charge in [-0.3, -0.25) is 4.79 Å². The Labute approximate surface area is 109 Å². The highest BCUT2D eigenvalue weighted by Gasteiger charge is 2.17. The standard InChI is InChI=1S/C10H12N2O6S/c1-17-10(14)7-6-8(18-12-7)9(13)11-4-3-5-19(2,15)16/h3,5-6H,4H2,1-2H3,(H,11,13)/b5-3+. The average Bonchev–Trinajstić information content (AvgIpc) is 2.81. The van der Waals surface area contributed by atoms with Crippen molar-refractivity contribution in [2.24, 2.45) is 0 Å². The minimum absolute atomic E-state index is 0.000160. The van der Waals surface area contributed by atoms with Crippen molar-refractivity contribution in [3.63, 3.8) is 0 Å². The van der Waals surface area contributed by atoms with Crippen LogP contribution in [0.4, 0.5) is 0 Å². The van der Waals surface area contributed by atoms with Crippen LogP contribution >= 0.6 is 0 Å². The van der Waals surface area contributed by atoms with Gasteiger partial charge in [-0.15, -0.1) is 0 Å². The van der Waals surface area contributed by atoms with Crippen LogP contribution in [0.5, 0.6) is 0 Å². The van der Waals surface area contributed by atoms with Crippen molar-refractivity contribution in [1.82, 2.24) is 10.5 Å². The Kier molecular flexibility index (Phi) is 4.81. The van der Waals surface area contributed by atoms with Crippen LogP contribution in [0.15, 0.2) is 22.1 Å². The molecule has 0 saturated heterocycles. The number of sulfone groups is 1. The predicted octanol–water partition coefficient (Wildman–Crippen LogP) is -0.251. The molecule has 0 aliphatic carbocycles. The Morgan fingerprint density at radius 1 is 1.53 bits per heavy atom. The van der Waals surface area contributed by atoms with Gasteiger partial charge < -0.3 is 14.6 Å². The van der Waals surface area contributed by atoms with Gasteiger partial charge in [0.25, 0.3) is 5.91 Å². The summed E-state index contributed by atoms with van der Waals surface area (Å²) in [6, 6.07) is 1.13. The van der Waals surface area contributed by atoms with Crippen LogP contribution in [0, 0.1) is 0 Å². The number of ether oxygens (including phenoxy) is 1. The van der Waals surface area contributed by atoms with Gasteiger partial charge >= 0.3 is 5.97 Å². The summed E-state index contributed by atoms with van der Waals surface area (Å²) in [7, 11) is -2.05. The summed E-state index contributed by atoms with van der Waals surface area (Å²) < 4.78 is 30.6. The third kappa shape index (κ3) is 4.92. The third-order valence-electron chi connectivity index (χ3n) is 1.85. The third-order valence-corrected chi connectivity index (χ3v) is 2.54. The number of methoxy groups -OCH3 is 1. The molecule has 9 heteroatoms. The number of nitrogens with one attached hydrogen (secondary N) is 1. The summed E-state index contributed by atoms with van der Waals surface area (Å²) in [6.07, 6.45) is 2.30. The van der Waals surface area contributed by atoms with Gasteiger partial charge in [-0.25, -0.2) is 13.2 Å². The van der Waals surface area contributed by atoms with Crippen LogP contribution in [0.25, 0.3) is 0 Å². The molecular weight excluding hydrogens is 276 g/mol. The van der Waals surface area contributed by atoms with E-state index in [1.807, 2.05) is 0 Å². The lowest BCUT2D eigenvalue weighted by Crippen LogP contribution is -2.22. The normalized spacial score (nSPS) is 11.5. The second kappa shape index (κ2) is 6.14. The van der Waals surface area contributed by atoms with E-state index < -0.39 is 21.7 Å². The zero-order valence-corrected chi connectivity index (χ0v) is 11.1. The number of amides is 1. The molecule has 1 amide bonds. The monoisotopic (exact) mass is 288 g/mol. The number of nitrogens with zero attached hydrogens (tertiary/aromatic N) is 1. The number of hydrogen-bond donors (Lipinski definition) is 1. The fraction of sp³-hybridized carbons (Fsp3) is 0.300. The smallest absolute Gasteiger partial charge is 0.360 e. The van der Waals surface area contributed by atoms with Crippen molar-refractivity contribution in [2.75, 3.05) is 19.9 Å². The van der Waals surface area contributed by atoms with E-state index in [1.165, 1.54) is 13.2 Å². The Morgan fingerprint density at radius 3 is 2.79 bits per heavy atom. The lowest BCUT2D eigenvalue weighted by molar-refractivity contribution is 0.0588. The van der Waals surface area contributed by atoms with E-state index in [4.69, 9.17) is 0 Å². The van der Waals surface area contributed by atoms with E-state index in [1.54, 1.807) is 0 Å². The number of aromatic nitrogens is 1. The molecule has 0 fully saturated rings. The molecule has 0 unspecified atom stereocenters. The van der Waals surface area contributed by atoms with Gasteiger partial charge in [-0.05, 0) is 0 Å². The maximum absolute atomic E-state index is 11.5. The zero-order chi connectivity index (χ0) is 14.5. The van der Waals surface area contributed by atoms with Gasteiger partial charge in [-0.1, -0.05) is 11.2 Å². The highest BCUT2D eigenvalue weighted by Crippen LogP contribution is 2.04. The largest absolute Gasteiger partial charge is 0.464 e. The summed E-state index contributed by atoms with van der Waals surface area (Å²) in [6.45, 7) is 0.000160. The fourth-order valence-electron chi connectivity index (χ4n) is 1.04. The summed E-state index contributed by atoms with van der Waals surface area (Å²) in [5.41, 5.74) is -0.126. The van der Waals surface area contributed by atoms with E-state index in [0.717, 1.165) is 17.7 Å². The Hall–Kier alpha value is -2.16. The van der Waals surface area contributed by atoms with Gasteiger partial charge in [0.1, 0.15) is 0 Å². The maximum Gasteiger partial charge on any atom is 0.360 e. The van der Waals surface area contributed by atoms with Gasteiger partial charge in [0, 0.05) is 24.3 Å². The number of carbonyl (C=O) groups excluding carboxylic acids is 2. The average molecular weight is 288 g/mol. The highest BCUT2D eigenvalue weighted by molar-refractivity contribution is 7.93. The van der Waals surface area contributed by atoms with Gasteiger partial charge in [0.2, 0.25) is 5.76 Å². The molecule has 0 radical (unpaired) electrons. The van der Waals surface area contributed by atoms with Crippen LogP contribution in [0.2, 0.25) is 0 Å². The molecule has 1 N–H and O–H groups in total. The molecule has 0 aliphatic heterocycles. The summed E-state index contributed by atoms with van der Waals surface area (Å²) in [4.78, 5) is 22.6. The molecule has 0 aliphatic rings. The first-order chi connectivity index (χ1) is 8.83. The van der Waals surface area contributed by atoms with E-state index in [2.05, 4.69) is 19.7 Å². The molecule has 0 aromatic carbocycles. The molecule has 1 aromatic heterocycles. The molecule has 8 nitrogen and oxygen atoms in total. The van der Waals surface area contributed by atoms with Crippen LogP contribution in [-0.4, -0.2) is 45.4 Å². The first kappa shape index (κ1) is 14.9. The summed E-state index contributed by atoms with van der Waals surface area (Å²) in [5, 5.41) is 6.68. The summed E-state index contributed by atoms with van der Waals surface area (Å²) in [5.74, 6) is -1.52. The van der Waals surface area contributed by atoms with Crippen molar-refractivity contribution in [3.05, 3.63) is 29.0 Å². The lowest BCUT2D eigenvalue weighted by Gasteiger charge is -1.96. The predicted molar refractivity (Wildman–Crippen MR) is 64.2 cm³/mol. The summed E-state index contributed by atoms with van der Waals surface area (Å²) >= 11 is 0. The molecule has 0 atom stereocenters. The van der Waals surface area contributed by atoms with Gasteiger partial charge in [0.15, 0.2) is 15.5 Å². The van der Waals surface area contributed by atoms with Crippen molar-refractivity contribution in [2.45, 2.75) is 0 Å². The first-order valence-corrected chi connectivity index (χ1v) is 6.99. The molecular formula is C10H12N2O6S. The Morgan fingerprint density at radius 2 is 2.21 bits per heavy atom. The van der Waals surface area contributed by atoms with Crippen molar-refractivity contribution in [1.29, 1.82) is 0 Å². The van der Waals surface area contributed by atoms with E-state index in [0.29, 0.717) is 0 Å². The Balaban J connectivity index is 2.57. The van der Waals surface area contributed by atoms with Crippen molar-refractivity contribution >= 4 is 21.7 Å². The highest BCUT2D eigenvalue weighted by atomic mass is 32.2. The molecule has 0 saturated carbocycles. The number of rotatable bonds is 5. The quantitative estimate of drug-likeness (QED) is 0.742.